The molecule has 2 aliphatic heterocycles. The van der Waals surface area contributed by atoms with Gasteiger partial charge in [0.05, 0.1) is 11.4 Å². The highest BCUT2D eigenvalue weighted by atomic mass is 32.2. The summed E-state index contributed by atoms with van der Waals surface area (Å²) in [6.45, 7) is 4.37. The van der Waals surface area contributed by atoms with Crippen LogP contribution in [0.2, 0.25) is 0 Å². The number of benzene rings is 4. The lowest BCUT2D eigenvalue weighted by Gasteiger charge is -2.35. The van der Waals surface area contributed by atoms with Crippen LogP contribution >= 0.6 is 11.9 Å². The van der Waals surface area contributed by atoms with Crippen LogP contribution in [0.15, 0.2) is 145 Å². The Morgan fingerprint density at radius 1 is 0.683 bits per heavy atom. The van der Waals surface area contributed by atoms with Gasteiger partial charge in [-0.2, -0.15) is 0 Å². The molecule has 41 heavy (non-hydrogen) atoms. The van der Waals surface area contributed by atoms with Gasteiger partial charge in [-0.3, -0.25) is 4.31 Å². The molecule has 4 nitrogen and oxygen atoms in total. The van der Waals surface area contributed by atoms with Gasteiger partial charge in [0, 0.05) is 46.1 Å². The first kappa shape index (κ1) is 25.1. The predicted molar refractivity (Wildman–Crippen MR) is 170 cm³/mol. The van der Waals surface area contributed by atoms with Crippen molar-refractivity contribution in [2.75, 3.05) is 7.05 Å². The molecule has 198 valence electrons. The lowest BCUT2D eigenvalue weighted by molar-refractivity contribution is 0.296. The zero-order valence-corrected chi connectivity index (χ0v) is 23.5. The summed E-state index contributed by atoms with van der Waals surface area (Å²) in [5.74, 6) is 0.713. The van der Waals surface area contributed by atoms with Crippen molar-refractivity contribution < 1.29 is 0 Å². The maximum absolute atomic E-state index is 4.98. The first-order chi connectivity index (χ1) is 20.1. The van der Waals surface area contributed by atoms with E-state index in [-0.39, 0.29) is 6.17 Å². The molecule has 0 bridgehead atoms. The number of nitrogens with zero attached hydrogens (tertiary/aromatic N) is 4. The summed E-state index contributed by atoms with van der Waals surface area (Å²) in [5, 5.41) is 0. The Bertz CT molecular complexity index is 1740. The molecular formula is C36H28N4S. The third-order valence-electron chi connectivity index (χ3n) is 7.54. The number of likely N-dealkylation sites (N-methyl/N-ethyl adjacent to an activating group) is 1. The van der Waals surface area contributed by atoms with Crippen molar-refractivity contribution in [3.8, 4) is 33.9 Å². The van der Waals surface area contributed by atoms with E-state index in [1.807, 2.05) is 36.4 Å². The van der Waals surface area contributed by atoms with Gasteiger partial charge in [-0.25, -0.2) is 9.97 Å². The Labute approximate surface area is 245 Å². The maximum Gasteiger partial charge on any atom is 0.160 e. The third kappa shape index (κ3) is 4.85. The maximum atomic E-state index is 4.98. The minimum atomic E-state index is 0.0912. The van der Waals surface area contributed by atoms with E-state index in [1.54, 1.807) is 11.9 Å². The van der Waals surface area contributed by atoms with Crippen molar-refractivity contribution in [3.05, 3.63) is 151 Å². The van der Waals surface area contributed by atoms with Crippen molar-refractivity contribution in [3.63, 3.8) is 0 Å². The summed E-state index contributed by atoms with van der Waals surface area (Å²) in [5.41, 5.74) is 9.44. The Morgan fingerprint density at radius 3 is 1.93 bits per heavy atom. The van der Waals surface area contributed by atoms with Gasteiger partial charge >= 0.3 is 0 Å². The Balaban J connectivity index is 1.22. The van der Waals surface area contributed by atoms with Crippen LogP contribution in [-0.2, 0) is 0 Å². The molecule has 0 aliphatic carbocycles. The van der Waals surface area contributed by atoms with Crippen LogP contribution < -0.4 is 0 Å². The molecule has 0 spiro atoms. The van der Waals surface area contributed by atoms with Gasteiger partial charge in [0.2, 0.25) is 0 Å². The lowest BCUT2D eigenvalue weighted by Crippen LogP contribution is -2.38. The highest BCUT2D eigenvalue weighted by Gasteiger charge is 2.29. The van der Waals surface area contributed by atoms with Crippen LogP contribution in [0.4, 0.5) is 0 Å². The van der Waals surface area contributed by atoms with E-state index in [1.165, 1.54) is 10.5 Å². The second-order valence-electron chi connectivity index (χ2n) is 10.1. The van der Waals surface area contributed by atoms with Crippen molar-refractivity contribution in [1.82, 2.24) is 19.2 Å². The third-order valence-corrected chi connectivity index (χ3v) is 8.63. The summed E-state index contributed by atoms with van der Waals surface area (Å²) >= 11 is 1.75. The van der Waals surface area contributed by atoms with Crippen molar-refractivity contribution in [2.45, 2.75) is 11.1 Å². The largest absolute Gasteiger partial charge is 0.350 e. The minimum absolute atomic E-state index is 0.0912. The van der Waals surface area contributed by atoms with E-state index in [0.29, 0.717) is 5.82 Å². The summed E-state index contributed by atoms with van der Waals surface area (Å²) < 4.78 is 2.30. The van der Waals surface area contributed by atoms with E-state index < -0.39 is 0 Å². The van der Waals surface area contributed by atoms with E-state index in [4.69, 9.17) is 9.97 Å². The Kier molecular flexibility index (Phi) is 6.50. The quantitative estimate of drug-likeness (QED) is 0.210. The van der Waals surface area contributed by atoms with Crippen LogP contribution in [0, 0.1) is 0 Å². The van der Waals surface area contributed by atoms with Gasteiger partial charge in [-0.05, 0) is 41.3 Å². The molecule has 2 aliphatic rings. The standard InChI is InChI=1S/C36H28N4S/c1-25-31-15-9-10-16-34(31)41-40-24-30(21-22-35(40)39(25)2)26-17-19-29(20-18-26)36-37-32(27-11-5-3-6-12-27)23-33(38-36)28-13-7-4-8-14-28/h3-24,35H,1H2,2H3. The zero-order chi connectivity index (χ0) is 27.8. The second-order valence-corrected chi connectivity index (χ2v) is 11.2. The monoisotopic (exact) mass is 548 g/mol. The normalized spacial score (nSPS) is 16.1. The molecule has 0 fully saturated rings. The highest BCUT2D eigenvalue weighted by Crippen LogP contribution is 2.41. The molecule has 0 radical (unpaired) electrons. The number of hydrogen-bond donors (Lipinski definition) is 0. The summed E-state index contributed by atoms with van der Waals surface area (Å²) in [6.07, 6.45) is 6.77. The number of hydrogen-bond acceptors (Lipinski definition) is 5. The highest BCUT2D eigenvalue weighted by molar-refractivity contribution is 7.97. The molecule has 5 aromatic rings. The van der Waals surface area contributed by atoms with E-state index >= 15 is 0 Å². The summed E-state index contributed by atoms with van der Waals surface area (Å²) in [7, 11) is 2.11. The van der Waals surface area contributed by atoms with E-state index in [0.717, 1.165) is 44.9 Å². The number of aromatic nitrogens is 2. The fraction of sp³-hybridized carbons (Fsp3) is 0.0556. The first-order valence-corrected chi connectivity index (χ1v) is 14.4. The molecular weight excluding hydrogens is 520 g/mol. The van der Waals surface area contributed by atoms with Crippen molar-refractivity contribution >= 4 is 23.2 Å². The molecule has 0 amide bonds. The molecule has 5 heteroatoms. The lowest BCUT2D eigenvalue weighted by atomic mass is 10.0. The van der Waals surface area contributed by atoms with E-state index in [9.17, 15) is 0 Å². The molecule has 1 atom stereocenters. The zero-order valence-electron chi connectivity index (χ0n) is 22.7. The first-order valence-electron chi connectivity index (χ1n) is 13.6. The van der Waals surface area contributed by atoms with Crippen molar-refractivity contribution in [1.29, 1.82) is 0 Å². The van der Waals surface area contributed by atoms with Crippen LogP contribution in [0.25, 0.3) is 45.2 Å². The predicted octanol–water partition coefficient (Wildman–Crippen LogP) is 8.64. The summed E-state index contributed by atoms with van der Waals surface area (Å²) in [6, 6.07) is 39.6. The average Bonchev–Trinajstić information content (AvgIpc) is 3.15. The molecule has 1 unspecified atom stereocenters. The molecule has 0 saturated carbocycles. The Morgan fingerprint density at radius 2 is 1.27 bits per heavy atom. The molecule has 0 N–H and O–H groups in total. The number of fused-ring (bicyclic) bond motifs is 2. The van der Waals surface area contributed by atoms with Crippen LogP contribution in [0.5, 0.6) is 0 Å². The fourth-order valence-corrected chi connectivity index (χ4v) is 6.37. The number of allylic oxidation sites excluding steroid dienone is 2. The van der Waals surface area contributed by atoms with Crippen LogP contribution in [-0.4, -0.2) is 32.4 Å². The van der Waals surface area contributed by atoms with Crippen LogP contribution in [0.3, 0.4) is 0 Å². The molecule has 4 aromatic carbocycles. The second kappa shape index (κ2) is 10.6. The van der Waals surface area contributed by atoms with Crippen LogP contribution in [0.1, 0.15) is 11.1 Å². The Hall–Kier alpha value is -4.87. The fourth-order valence-electron chi connectivity index (χ4n) is 5.23. The topological polar surface area (TPSA) is 32.3 Å². The SMILES string of the molecule is C=C1c2ccccc2SN2C=C(c3ccc(-c4nc(-c5ccccc5)cc(-c5ccccc5)n4)cc3)C=CC2N1C. The molecule has 0 saturated heterocycles. The number of rotatable bonds is 4. The van der Waals surface area contributed by atoms with Gasteiger partial charge in [-0.15, -0.1) is 0 Å². The summed E-state index contributed by atoms with van der Waals surface area (Å²) in [4.78, 5) is 13.4. The van der Waals surface area contributed by atoms with E-state index in [2.05, 4.69) is 120 Å². The average molecular weight is 549 g/mol. The van der Waals surface area contributed by atoms with Gasteiger partial charge in [0.15, 0.2) is 5.82 Å². The van der Waals surface area contributed by atoms with Gasteiger partial charge in [0.25, 0.3) is 0 Å². The molecule has 3 heterocycles. The van der Waals surface area contributed by atoms with Gasteiger partial charge < -0.3 is 4.90 Å². The minimum Gasteiger partial charge on any atom is -0.350 e. The molecule has 1 aromatic heterocycles. The van der Waals surface area contributed by atoms with Gasteiger partial charge in [-0.1, -0.05) is 116 Å². The van der Waals surface area contributed by atoms with Crippen molar-refractivity contribution in [2.24, 2.45) is 0 Å². The molecule has 7 rings (SSSR count). The van der Waals surface area contributed by atoms with Gasteiger partial charge in [0.1, 0.15) is 6.17 Å². The smallest absolute Gasteiger partial charge is 0.160 e.